The third-order valence-corrected chi connectivity index (χ3v) is 2.10. The number of rotatable bonds is 1. The zero-order chi connectivity index (χ0) is 9.97. The molecule has 1 amide bonds. The van der Waals surface area contributed by atoms with Crippen molar-refractivity contribution >= 4 is 5.91 Å². The molecule has 1 fully saturated rings. The Bertz CT molecular complexity index is 348. The van der Waals surface area contributed by atoms with Crippen molar-refractivity contribution in [2.45, 2.75) is 6.42 Å². The maximum absolute atomic E-state index is 11.7. The van der Waals surface area contributed by atoms with Gasteiger partial charge in [0.1, 0.15) is 5.75 Å². The Balaban J connectivity index is 2.22. The average Bonchev–Trinajstić information content (AvgIpc) is 2.70. The molecular formula is C9H11N3O2. The van der Waals surface area contributed by atoms with Crippen LogP contribution in [0.1, 0.15) is 16.9 Å². The van der Waals surface area contributed by atoms with Gasteiger partial charge in [0, 0.05) is 19.3 Å². The molecule has 0 aromatic carbocycles. The molecule has 1 aliphatic heterocycles. The molecule has 2 rings (SSSR count). The zero-order valence-electron chi connectivity index (χ0n) is 7.60. The average molecular weight is 193 g/mol. The molecule has 14 heavy (non-hydrogen) atoms. The van der Waals surface area contributed by atoms with Gasteiger partial charge in [0.25, 0.3) is 5.91 Å². The van der Waals surface area contributed by atoms with Crippen molar-refractivity contribution in [3.63, 3.8) is 0 Å². The van der Waals surface area contributed by atoms with Crippen LogP contribution in [0.2, 0.25) is 0 Å². The van der Waals surface area contributed by atoms with Gasteiger partial charge in [-0.1, -0.05) is 0 Å². The molecule has 0 atom stereocenters. The van der Waals surface area contributed by atoms with E-state index in [-0.39, 0.29) is 17.4 Å². The van der Waals surface area contributed by atoms with Gasteiger partial charge in [-0.3, -0.25) is 9.80 Å². The predicted molar refractivity (Wildman–Crippen MR) is 49.6 cm³/mol. The number of pyridine rings is 1. The SMILES string of the molecule is O=C(c1ncccc1O)N1CCCN1. The maximum atomic E-state index is 11.7. The number of nitrogens with one attached hydrogen (secondary N) is 1. The number of aromatic hydroxyl groups is 1. The summed E-state index contributed by atoms with van der Waals surface area (Å²) in [6, 6.07) is 3.04. The topological polar surface area (TPSA) is 65.5 Å². The third-order valence-electron chi connectivity index (χ3n) is 2.10. The van der Waals surface area contributed by atoms with Gasteiger partial charge in [-0.15, -0.1) is 0 Å². The molecule has 0 unspecified atom stereocenters. The Kier molecular flexibility index (Phi) is 2.32. The van der Waals surface area contributed by atoms with E-state index in [1.165, 1.54) is 17.3 Å². The Labute approximate surface area is 81.3 Å². The lowest BCUT2D eigenvalue weighted by atomic mass is 10.3. The highest BCUT2D eigenvalue weighted by Gasteiger charge is 2.22. The summed E-state index contributed by atoms with van der Waals surface area (Å²) in [5, 5.41) is 10.9. The lowest BCUT2D eigenvalue weighted by Crippen LogP contribution is -2.37. The van der Waals surface area contributed by atoms with Crippen LogP contribution < -0.4 is 5.43 Å². The smallest absolute Gasteiger partial charge is 0.290 e. The number of hydrogen-bond acceptors (Lipinski definition) is 4. The van der Waals surface area contributed by atoms with E-state index in [2.05, 4.69) is 10.4 Å². The first-order chi connectivity index (χ1) is 6.79. The number of nitrogens with zero attached hydrogens (tertiary/aromatic N) is 2. The molecule has 0 bridgehead atoms. The van der Waals surface area contributed by atoms with Crippen LogP contribution in [0.3, 0.4) is 0 Å². The lowest BCUT2D eigenvalue weighted by Gasteiger charge is -2.14. The molecule has 0 spiro atoms. The molecule has 5 nitrogen and oxygen atoms in total. The Morgan fingerprint density at radius 3 is 3.14 bits per heavy atom. The first-order valence-corrected chi connectivity index (χ1v) is 4.48. The van der Waals surface area contributed by atoms with Crippen molar-refractivity contribution in [3.8, 4) is 5.75 Å². The van der Waals surface area contributed by atoms with E-state index in [9.17, 15) is 9.90 Å². The minimum Gasteiger partial charge on any atom is -0.505 e. The van der Waals surface area contributed by atoms with E-state index in [1.54, 1.807) is 6.07 Å². The number of carbonyl (C=O) groups excluding carboxylic acids is 1. The minimum atomic E-state index is -0.277. The summed E-state index contributed by atoms with van der Waals surface area (Å²) in [6.45, 7) is 1.45. The summed E-state index contributed by atoms with van der Waals surface area (Å²) in [5.41, 5.74) is 3.01. The fourth-order valence-electron chi connectivity index (χ4n) is 1.39. The summed E-state index contributed by atoms with van der Waals surface area (Å²) in [6.07, 6.45) is 2.42. The van der Waals surface area contributed by atoms with Crippen LogP contribution >= 0.6 is 0 Å². The van der Waals surface area contributed by atoms with Gasteiger partial charge in [0.2, 0.25) is 0 Å². The van der Waals surface area contributed by atoms with Crippen molar-refractivity contribution in [2.75, 3.05) is 13.1 Å². The highest BCUT2D eigenvalue weighted by molar-refractivity contribution is 5.94. The van der Waals surface area contributed by atoms with Crippen LogP contribution in [0, 0.1) is 0 Å². The second-order valence-electron chi connectivity index (χ2n) is 3.09. The summed E-state index contributed by atoms with van der Waals surface area (Å²) < 4.78 is 0. The molecule has 74 valence electrons. The maximum Gasteiger partial charge on any atom is 0.290 e. The molecule has 1 aliphatic rings. The van der Waals surface area contributed by atoms with E-state index >= 15 is 0 Å². The first kappa shape index (κ1) is 8.96. The number of carbonyl (C=O) groups is 1. The van der Waals surface area contributed by atoms with Crippen LogP contribution in [0.25, 0.3) is 0 Å². The molecule has 0 radical (unpaired) electrons. The van der Waals surface area contributed by atoms with E-state index < -0.39 is 0 Å². The normalized spacial score (nSPS) is 15.9. The molecular weight excluding hydrogens is 182 g/mol. The molecule has 1 saturated heterocycles. The fourth-order valence-corrected chi connectivity index (χ4v) is 1.39. The molecule has 2 heterocycles. The Hall–Kier alpha value is -1.62. The summed E-state index contributed by atoms with van der Waals surface area (Å²) in [4.78, 5) is 15.6. The fraction of sp³-hybridized carbons (Fsp3) is 0.333. The van der Waals surface area contributed by atoms with Gasteiger partial charge in [-0.2, -0.15) is 0 Å². The Morgan fingerprint density at radius 2 is 2.50 bits per heavy atom. The summed E-state index contributed by atoms with van der Waals surface area (Å²) >= 11 is 0. The second kappa shape index (κ2) is 3.63. The standard InChI is InChI=1S/C9H11N3O2/c13-7-3-1-4-10-8(7)9(14)12-6-2-5-11-12/h1,3-4,11,13H,2,5-6H2. The highest BCUT2D eigenvalue weighted by atomic mass is 16.3. The van der Waals surface area contributed by atoms with Crippen LogP contribution in [-0.4, -0.2) is 34.1 Å². The van der Waals surface area contributed by atoms with Crippen LogP contribution in [-0.2, 0) is 0 Å². The van der Waals surface area contributed by atoms with Crippen molar-refractivity contribution in [2.24, 2.45) is 0 Å². The van der Waals surface area contributed by atoms with E-state index in [4.69, 9.17) is 0 Å². The van der Waals surface area contributed by atoms with Crippen LogP contribution in [0.4, 0.5) is 0 Å². The first-order valence-electron chi connectivity index (χ1n) is 4.48. The largest absolute Gasteiger partial charge is 0.505 e. The highest BCUT2D eigenvalue weighted by Crippen LogP contribution is 2.15. The van der Waals surface area contributed by atoms with E-state index in [1.807, 2.05) is 0 Å². The van der Waals surface area contributed by atoms with Crippen LogP contribution in [0.15, 0.2) is 18.3 Å². The van der Waals surface area contributed by atoms with Gasteiger partial charge in [0.05, 0.1) is 0 Å². The quantitative estimate of drug-likeness (QED) is 0.665. The van der Waals surface area contributed by atoms with Crippen molar-refractivity contribution in [3.05, 3.63) is 24.0 Å². The number of hydrazine groups is 1. The second-order valence-corrected chi connectivity index (χ2v) is 3.09. The summed E-state index contributed by atoms with van der Waals surface area (Å²) in [5.74, 6) is -0.355. The monoisotopic (exact) mass is 193 g/mol. The molecule has 1 aromatic rings. The lowest BCUT2D eigenvalue weighted by molar-refractivity contribution is 0.0717. The molecule has 0 saturated carbocycles. The predicted octanol–water partition coefficient (Wildman–Crippen LogP) is 0.138. The number of hydrogen-bond donors (Lipinski definition) is 2. The van der Waals surface area contributed by atoms with Gasteiger partial charge < -0.3 is 5.11 Å². The third kappa shape index (κ3) is 1.54. The zero-order valence-corrected chi connectivity index (χ0v) is 7.60. The van der Waals surface area contributed by atoms with Gasteiger partial charge >= 0.3 is 0 Å². The number of amides is 1. The van der Waals surface area contributed by atoms with E-state index in [0.29, 0.717) is 6.54 Å². The Morgan fingerprint density at radius 1 is 1.64 bits per heavy atom. The molecule has 0 aliphatic carbocycles. The van der Waals surface area contributed by atoms with Gasteiger partial charge in [0.15, 0.2) is 5.69 Å². The van der Waals surface area contributed by atoms with Crippen molar-refractivity contribution in [1.82, 2.24) is 15.4 Å². The van der Waals surface area contributed by atoms with Gasteiger partial charge in [-0.05, 0) is 18.6 Å². The van der Waals surface area contributed by atoms with Gasteiger partial charge in [-0.25, -0.2) is 10.4 Å². The summed E-state index contributed by atoms with van der Waals surface area (Å²) in [7, 11) is 0. The van der Waals surface area contributed by atoms with Crippen LogP contribution in [0.5, 0.6) is 5.75 Å². The molecule has 5 heteroatoms. The molecule has 1 aromatic heterocycles. The number of aromatic nitrogens is 1. The minimum absolute atomic E-state index is 0.0776. The van der Waals surface area contributed by atoms with E-state index in [0.717, 1.165) is 13.0 Å². The molecule has 2 N–H and O–H groups in total. The van der Waals surface area contributed by atoms with Crippen molar-refractivity contribution < 1.29 is 9.90 Å². The van der Waals surface area contributed by atoms with Crippen molar-refractivity contribution in [1.29, 1.82) is 0 Å².